The van der Waals surface area contributed by atoms with Crippen molar-refractivity contribution in [2.24, 2.45) is 5.92 Å². The number of rotatable bonds is 1. The summed E-state index contributed by atoms with van der Waals surface area (Å²) in [5, 5.41) is 8.87. The van der Waals surface area contributed by atoms with E-state index >= 15 is 0 Å². The normalized spacial score (nSPS) is 28.6. The first-order valence-electron chi connectivity index (χ1n) is 4.54. The molecule has 4 heteroatoms. The monoisotopic (exact) mass is 185 g/mol. The first-order valence-corrected chi connectivity index (χ1v) is 4.54. The second kappa shape index (κ2) is 3.77. The maximum absolute atomic E-state index is 11.1. The second-order valence-electron chi connectivity index (χ2n) is 3.54. The highest BCUT2D eigenvalue weighted by atomic mass is 16.4. The number of likely N-dealkylation sites (tertiary alicyclic amines) is 1. The fourth-order valence-corrected chi connectivity index (χ4v) is 1.92. The highest BCUT2D eigenvalue weighted by molar-refractivity contribution is 5.76. The first kappa shape index (κ1) is 10.0. The molecule has 1 rings (SSSR count). The molecule has 4 nitrogen and oxygen atoms in total. The van der Waals surface area contributed by atoms with E-state index in [-0.39, 0.29) is 11.9 Å². The van der Waals surface area contributed by atoms with Crippen LogP contribution in [-0.2, 0) is 9.59 Å². The molecule has 1 amide bonds. The lowest BCUT2D eigenvalue weighted by atomic mass is 9.90. The van der Waals surface area contributed by atoms with Gasteiger partial charge in [-0.15, -0.1) is 0 Å². The number of amides is 1. The van der Waals surface area contributed by atoms with Gasteiger partial charge in [0.25, 0.3) is 0 Å². The van der Waals surface area contributed by atoms with E-state index in [1.165, 1.54) is 6.92 Å². The second-order valence-corrected chi connectivity index (χ2v) is 3.54. The number of carboxylic acids is 1. The highest BCUT2D eigenvalue weighted by Crippen LogP contribution is 2.23. The van der Waals surface area contributed by atoms with E-state index in [4.69, 9.17) is 5.11 Å². The first-order chi connectivity index (χ1) is 6.04. The van der Waals surface area contributed by atoms with Crippen LogP contribution in [0.15, 0.2) is 0 Å². The number of piperidine rings is 1. The third-order valence-corrected chi connectivity index (χ3v) is 2.71. The van der Waals surface area contributed by atoms with Crippen molar-refractivity contribution in [3.05, 3.63) is 0 Å². The van der Waals surface area contributed by atoms with E-state index in [1.807, 2.05) is 0 Å². The van der Waals surface area contributed by atoms with Gasteiger partial charge in [0.1, 0.15) is 0 Å². The van der Waals surface area contributed by atoms with Crippen molar-refractivity contribution < 1.29 is 14.7 Å². The molecule has 1 aliphatic rings. The predicted octanol–water partition coefficient (Wildman–Crippen LogP) is 0.718. The summed E-state index contributed by atoms with van der Waals surface area (Å²) in [5.41, 5.74) is 0. The molecule has 74 valence electrons. The maximum atomic E-state index is 11.1. The Kier molecular flexibility index (Phi) is 2.90. The van der Waals surface area contributed by atoms with E-state index < -0.39 is 11.9 Å². The molecule has 2 atom stereocenters. The molecule has 0 aromatic rings. The topological polar surface area (TPSA) is 57.6 Å². The van der Waals surface area contributed by atoms with Crippen LogP contribution < -0.4 is 0 Å². The minimum absolute atomic E-state index is 0.0292. The number of carboxylic acid groups (broad SMARTS) is 1. The van der Waals surface area contributed by atoms with Crippen molar-refractivity contribution in [2.75, 3.05) is 6.54 Å². The number of carbonyl (C=O) groups is 2. The number of carbonyl (C=O) groups excluding carboxylic acids is 1. The van der Waals surface area contributed by atoms with Crippen molar-refractivity contribution in [3.63, 3.8) is 0 Å². The molecule has 13 heavy (non-hydrogen) atoms. The molecule has 1 aliphatic heterocycles. The Labute approximate surface area is 77.5 Å². The molecule has 0 aromatic carbocycles. The minimum Gasteiger partial charge on any atom is -0.481 e. The van der Waals surface area contributed by atoms with Gasteiger partial charge in [-0.1, -0.05) is 0 Å². The van der Waals surface area contributed by atoms with Crippen LogP contribution in [-0.4, -0.2) is 34.5 Å². The van der Waals surface area contributed by atoms with Crippen molar-refractivity contribution in [2.45, 2.75) is 32.7 Å². The van der Waals surface area contributed by atoms with Crippen LogP contribution in [0.3, 0.4) is 0 Å². The van der Waals surface area contributed by atoms with Crippen LogP contribution >= 0.6 is 0 Å². The van der Waals surface area contributed by atoms with Crippen molar-refractivity contribution in [3.8, 4) is 0 Å². The Morgan fingerprint density at radius 3 is 2.54 bits per heavy atom. The fourth-order valence-electron chi connectivity index (χ4n) is 1.92. The SMILES string of the molecule is CC(=O)N1CCCC(C(=O)O)C1C. The van der Waals surface area contributed by atoms with Gasteiger partial charge >= 0.3 is 5.97 Å². The molecule has 1 saturated heterocycles. The summed E-state index contributed by atoms with van der Waals surface area (Å²) >= 11 is 0. The zero-order valence-corrected chi connectivity index (χ0v) is 7.99. The van der Waals surface area contributed by atoms with Crippen LogP contribution in [0.5, 0.6) is 0 Å². The summed E-state index contributed by atoms with van der Waals surface area (Å²) in [6.07, 6.45) is 1.47. The quantitative estimate of drug-likeness (QED) is 0.654. The van der Waals surface area contributed by atoms with Gasteiger partial charge in [0.2, 0.25) is 5.91 Å². The molecule has 0 saturated carbocycles. The van der Waals surface area contributed by atoms with Gasteiger partial charge in [-0.2, -0.15) is 0 Å². The maximum Gasteiger partial charge on any atom is 0.308 e. The molecule has 1 heterocycles. The number of hydrogen-bond acceptors (Lipinski definition) is 2. The van der Waals surface area contributed by atoms with Gasteiger partial charge in [-0.3, -0.25) is 9.59 Å². The summed E-state index contributed by atoms with van der Waals surface area (Å²) in [4.78, 5) is 23.5. The standard InChI is InChI=1S/C9H15NO3/c1-6-8(9(12)13)4-3-5-10(6)7(2)11/h6,8H,3-5H2,1-2H3,(H,12,13). The average Bonchev–Trinajstić information content (AvgIpc) is 2.03. The summed E-state index contributed by atoms with van der Waals surface area (Å²) in [5.74, 6) is -1.21. The molecule has 1 fully saturated rings. The molecule has 0 aliphatic carbocycles. The molecular formula is C9H15NO3. The molecule has 1 N–H and O–H groups in total. The van der Waals surface area contributed by atoms with Crippen LogP contribution in [0.25, 0.3) is 0 Å². The number of nitrogens with zero attached hydrogens (tertiary/aromatic N) is 1. The summed E-state index contributed by atoms with van der Waals surface area (Å²) in [6, 6.07) is -0.163. The smallest absolute Gasteiger partial charge is 0.308 e. The predicted molar refractivity (Wildman–Crippen MR) is 47.2 cm³/mol. The molecule has 2 unspecified atom stereocenters. The van der Waals surface area contributed by atoms with E-state index in [9.17, 15) is 9.59 Å². The third-order valence-electron chi connectivity index (χ3n) is 2.71. The lowest BCUT2D eigenvalue weighted by molar-refractivity contribution is -0.148. The fraction of sp³-hybridized carbons (Fsp3) is 0.778. The molecular weight excluding hydrogens is 170 g/mol. The Morgan fingerprint density at radius 1 is 1.46 bits per heavy atom. The Morgan fingerprint density at radius 2 is 2.08 bits per heavy atom. The van der Waals surface area contributed by atoms with Crippen LogP contribution in [0.4, 0.5) is 0 Å². The van der Waals surface area contributed by atoms with Crippen molar-refractivity contribution in [1.82, 2.24) is 4.90 Å². The Balaban J connectivity index is 2.71. The zero-order chi connectivity index (χ0) is 10.0. The molecule has 0 radical (unpaired) electrons. The van der Waals surface area contributed by atoms with E-state index in [0.717, 1.165) is 6.42 Å². The molecule has 0 spiro atoms. The number of hydrogen-bond donors (Lipinski definition) is 1. The van der Waals surface area contributed by atoms with Gasteiger partial charge in [-0.25, -0.2) is 0 Å². The molecule has 0 bridgehead atoms. The van der Waals surface area contributed by atoms with Gasteiger partial charge < -0.3 is 10.0 Å². The van der Waals surface area contributed by atoms with Crippen LogP contribution in [0.2, 0.25) is 0 Å². The largest absolute Gasteiger partial charge is 0.481 e. The summed E-state index contributed by atoms with van der Waals surface area (Å²) in [7, 11) is 0. The Hall–Kier alpha value is -1.06. The number of aliphatic carboxylic acids is 1. The third kappa shape index (κ3) is 1.99. The Bertz CT molecular complexity index is 205. The van der Waals surface area contributed by atoms with E-state index in [2.05, 4.69) is 0 Å². The minimum atomic E-state index is -0.793. The van der Waals surface area contributed by atoms with Crippen molar-refractivity contribution >= 4 is 11.9 Å². The van der Waals surface area contributed by atoms with Gasteiger partial charge in [0.05, 0.1) is 5.92 Å². The lowest BCUT2D eigenvalue weighted by Gasteiger charge is -2.36. The van der Waals surface area contributed by atoms with Gasteiger partial charge in [0.15, 0.2) is 0 Å². The highest BCUT2D eigenvalue weighted by Gasteiger charge is 2.33. The summed E-state index contributed by atoms with van der Waals surface area (Å²) in [6.45, 7) is 3.99. The van der Waals surface area contributed by atoms with Gasteiger partial charge in [-0.05, 0) is 19.8 Å². The van der Waals surface area contributed by atoms with Crippen LogP contribution in [0.1, 0.15) is 26.7 Å². The van der Waals surface area contributed by atoms with Gasteiger partial charge in [0, 0.05) is 19.5 Å². The zero-order valence-electron chi connectivity index (χ0n) is 7.99. The van der Waals surface area contributed by atoms with Crippen molar-refractivity contribution in [1.29, 1.82) is 0 Å². The lowest BCUT2D eigenvalue weighted by Crippen LogP contribution is -2.48. The van der Waals surface area contributed by atoms with E-state index in [0.29, 0.717) is 13.0 Å². The average molecular weight is 185 g/mol. The summed E-state index contributed by atoms with van der Waals surface area (Å²) < 4.78 is 0. The van der Waals surface area contributed by atoms with Crippen LogP contribution in [0, 0.1) is 5.92 Å². The van der Waals surface area contributed by atoms with E-state index in [1.54, 1.807) is 11.8 Å². The molecule has 0 aromatic heterocycles.